The minimum atomic E-state index is -0.00912. The van der Waals surface area contributed by atoms with E-state index in [1.807, 2.05) is 7.05 Å². The van der Waals surface area contributed by atoms with E-state index in [0.717, 1.165) is 31.6 Å². The van der Waals surface area contributed by atoms with Crippen LogP contribution < -0.4 is 15.5 Å². The molecule has 1 amide bonds. The summed E-state index contributed by atoms with van der Waals surface area (Å²) in [6.45, 7) is 1.84. The molecule has 1 heterocycles. The van der Waals surface area contributed by atoms with Gasteiger partial charge in [0.1, 0.15) is 6.04 Å². The Labute approximate surface area is 108 Å². The van der Waals surface area contributed by atoms with E-state index in [-0.39, 0.29) is 11.9 Å². The molecule has 0 spiro atoms. The molecule has 0 bridgehead atoms. The maximum absolute atomic E-state index is 11.8. The summed E-state index contributed by atoms with van der Waals surface area (Å²) in [6.07, 6.45) is 2.02. The summed E-state index contributed by atoms with van der Waals surface area (Å²) in [5.41, 5.74) is 2.40. The summed E-state index contributed by atoms with van der Waals surface area (Å²) in [5.74, 6) is 0.117. The van der Waals surface area contributed by atoms with Gasteiger partial charge in [-0.05, 0) is 37.6 Å². The first-order valence-electron chi connectivity index (χ1n) is 6.48. The third kappa shape index (κ3) is 2.64. The highest BCUT2D eigenvalue weighted by Crippen LogP contribution is 2.25. The van der Waals surface area contributed by atoms with Crippen LogP contribution in [0.3, 0.4) is 0 Å². The zero-order valence-electron chi connectivity index (χ0n) is 11.1. The molecule has 4 nitrogen and oxygen atoms in total. The minimum absolute atomic E-state index is 0.00912. The van der Waals surface area contributed by atoms with E-state index in [0.29, 0.717) is 0 Å². The second kappa shape index (κ2) is 5.87. The lowest BCUT2D eigenvalue weighted by Crippen LogP contribution is -2.41. The Morgan fingerprint density at radius 2 is 2.06 bits per heavy atom. The molecule has 0 aliphatic carbocycles. The number of anilines is 1. The fourth-order valence-corrected chi connectivity index (χ4v) is 2.52. The highest BCUT2D eigenvalue weighted by Gasteiger charge is 2.29. The molecule has 1 aromatic rings. The van der Waals surface area contributed by atoms with Crippen molar-refractivity contribution in [2.24, 2.45) is 0 Å². The van der Waals surface area contributed by atoms with Crippen molar-refractivity contribution < 1.29 is 4.79 Å². The van der Waals surface area contributed by atoms with Crippen LogP contribution in [0, 0.1) is 0 Å². The number of rotatable bonds is 4. The van der Waals surface area contributed by atoms with Crippen LogP contribution >= 0.6 is 0 Å². The highest BCUT2D eigenvalue weighted by atomic mass is 16.2. The highest BCUT2D eigenvalue weighted by molar-refractivity contribution is 5.85. The quantitative estimate of drug-likeness (QED) is 0.838. The number of likely N-dealkylation sites (N-methyl/N-ethyl adjacent to an activating group) is 1. The summed E-state index contributed by atoms with van der Waals surface area (Å²) in [6, 6.07) is 8.43. The average molecular weight is 247 g/mol. The molecule has 98 valence electrons. The molecule has 4 heteroatoms. The summed E-state index contributed by atoms with van der Waals surface area (Å²) in [7, 11) is 3.64. The van der Waals surface area contributed by atoms with Crippen molar-refractivity contribution in [1.29, 1.82) is 0 Å². The molecule has 1 aliphatic heterocycles. The average Bonchev–Trinajstić information content (AvgIpc) is 2.88. The van der Waals surface area contributed by atoms with Crippen LogP contribution in [-0.2, 0) is 11.3 Å². The number of nitrogens with zero attached hydrogens (tertiary/aromatic N) is 1. The molecule has 1 atom stereocenters. The number of amides is 1. The number of hydrogen-bond donors (Lipinski definition) is 2. The van der Waals surface area contributed by atoms with Crippen LogP contribution in [0.5, 0.6) is 0 Å². The summed E-state index contributed by atoms with van der Waals surface area (Å²) >= 11 is 0. The zero-order chi connectivity index (χ0) is 13.0. The van der Waals surface area contributed by atoms with Gasteiger partial charge in [0.25, 0.3) is 0 Å². The van der Waals surface area contributed by atoms with Crippen molar-refractivity contribution >= 4 is 11.6 Å². The molecule has 1 aliphatic rings. The van der Waals surface area contributed by atoms with E-state index in [4.69, 9.17) is 0 Å². The van der Waals surface area contributed by atoms with Crippen molar-refractivity contribution in [2.75, 3.05) is 25.5 Å². The summed E-state index contributed by atoms with van der Waals surface area (Å²) in [4.78, 5) is 14.0. The van der Waals surface area contributed by atoms with E-state index < -0.39 is 0 Å². The monoisotopic (exact) mass is 247 g/mol. The van der Waals surface area contributed by atoms with Gasteiger partial charge in [-0.2, -0.15) is 0 Å². The lowest BCUT2D eigenvalue weighted by molar-refractivity contribution is -0.121. The molecule has 18 heavy (non-hydrogen) atoms. The van der Waals surface area contributed by atoms with Gasteiger partial charge in [0, 0.05) is 25.8 Å². The number of benzene rings is 1. The molecule has 2 N–H and O–H groups in total. The SMILES string of the molecule is CNCc1ccc(N2CCCC2C(=O)NC)cc1. The number of hydrogen-bond acceptors (Lipinski definition) is 3. The summed E-state index contributed by atoms with van der Waals surface area (Å²) < 4.78 is 0. The van der Waals surface area contributed by atoms with Crippen LogP contribution in [0.25, 0.3) is 0 Å². The fraction of sp³-hybridized carbons (Fsp3) is 0.500. The molecule has 0 radical (unpaired) electrons. The number of nitrogens with one attached hydrogen (secondary N) is 2. The molecule has 1 unspecified atom stereocenters. The Morgan fingerprint density at radius 1 is 1.33 bits per heavy atom. The van der Waals surface area contributed by atoms with Crippen LogP contribution in [0.4, 0.5) is 5.69 Å². The van der Waals surface area contributed by atoms with Crippen molar-refractivity contribution in [1.82, 2.24) is 10.6 Å². The van der Waals surface area contributed by atoms with Crippen LogP contribution in [0.1, 0.15) is 18.4 Å². The molecule has 0 saturated carbocycles. The summed E-state index contributed by atoms with van der Waals surface area (Å²) in [5, 5.41) is 5.88. The Balaban J connectivity index is 2.12. The van der Waals surface area contributed by atoms with E-state index >= 15 is 0 Å². The maximum Gasteiger partial charge on any atom is 0.242 e. The predicted molar refractivity (Wildman–Crippen MR) is 73.6 cm³/mol. The first-order valence-corrected chi connectivity index (χ1v) is 6.48. The predicted octanol–water partition coefficient (Wildman–Crippen LogP) is 1.12. The molecular weight excluding hydrogens is 226 g/mol. The van der Waals surface area contributed by atoms with Gasteiger partial charge >= 0.3 is 0 Å². The van der Waals surface area contributed by atoms with Crippen LogP contribution in [-0.4, -0.2) is 32.6 Å². The second-order valence-corrected chi connectivity index (χ2v) is 4.66. The second-order valence-electron chi connectivity index (χ2n) is 4.66. The third-order valence-electron chi connectivity index (χ3n) is 3.45. The van der Waals surface area contributed by atoms with Gasteiger partial charge in [0.15, 0.2) is 0 Å². The number of carbonyl (C=O) groups is 1. The molecule has 2 rings (SSSR count). The molecular formula is C14H21N3O. The van der Waals surface area contributed by atoms with E-state index in [1.54, 1.807) is 7.05 Å². The topological polar surface area (TPSA) is 44.4 Å². The smallest absolute Gasteiger partial charge is 0.242 e. The van der Waals surface area contributed by atoms with Gasteiger partial charge in [-0.15, -0.1) is 0 Å². The van der Waals surface area contributed by atoms with Crippen LogP contribution in [0.2, 0.25) is 0 Å². The zero-order valence-corrected chi connectivity index (χ0v) is 11.1. The molecule has 0 aromatic heterocycles. The van der Waals surface area contributed by atoms with Crippen LogP contribution in [0.15, 0.2) is 24.3 Å². The normalized spacial score (nSPS) is 19.0. The Hall–Kier alpha value is -1.55. The van der Waals surface area contributed by atoms with Crippen molar-refractivity contribution in [3.63, 3.8) is 0 Å². The Bertz CT molecular complexity index is 402. The van der Waals surface area contributed by atoms with Gasteiger partial charge < -0.3 is 15.5 Å². The van der Waals surface area contributed by atoms with Gasteiger partial charge in [0.2, 0.25) is 5.91 Å². The lowest BCUT2D eigenvalue weighted by atomic mass is 10.1. The van der Waals surface area contributed by atoms with Crippen molar-refractivity contribution in [3.05, 3.63) is 29.8 Å². The van der Waals surface area contributed by atoms with Gasteiger partial charge in [-0.25, -0.2) is 0 Å². The Morgan fingerprint density at radius 3 is 2.67 bits per heavy atom. The van der Waals surface area contributed by atoms with Crippen molar-refractivity contribution in [3.8, 4) is 0 Å². The standard InChI is InChI=1S/C14H21N3O/c1-15-10-11-5-7-12(8-6-11)17-9-3-4-13(17)14(18)16-2/h5-8,13,15H,3-4,9-10H2,1-2H3,(H,16,18). The molecule has 1 fully saturated rings. The number of carbonyl (C=O) groups excluding carboxylic acids is 1. The fourth-order valence-electron chi connectivity index (χ4n) is 2.52. The van der Waals surface area contributed by atoms with E-state index in [1.165, 1.54) is 5.56 Å². The maximum atomic E-state index is 11.8. The lowest BCUT2D eigenvalue weighted by Gasteiger charge is -2.25. The Kier molecular flexibility index (Phi) is 4.20. The first kappa shape index (κ1) is 12.9. The molecule has 1 saturated heterocycles. The first-order chi connectivity index (χ1) is 8.76. The van der Waals surface area contributed by atoms with E-state index in [2.05, 4.69) is 39.8 Å². The molecule has 1 aromatic carbocycles. The third-order valence-corrected chi connectivity index (χ3v) is 3.45. The van der Waals surface area contributed by atoms with Gasteiger partial charge in [0.05, 0.1) is 0 Å². The van der Waals surface area contributed by atoms with E-state index in [9.17, 15) is 4.79 Å². The van der Waals surface area contributed by atoms with Gasteiger partial charge in [-0.1, -0.05) is 12.1 Å². The van der Waals surface area contributed by atoms with Gasteiger partial charge in [-0.3, -0.25) is 4.79 Å². The minimum Gasteiger partial charge on any atom is -0.360 e. The van der Waals surface area contributed by atoms with Crippen molar-refractivity contribution in [2.45, 2.75) is 25.4 Å². The largest absolute Gasteiger partial charge is 0.360 e.